The third-order valence-electron chi connectivity index (χ3n) is 6.04. The van der Waals surface area contributed by atoms with Gasteiger partial charge in [0, 0.05) is 5.02 Å². The molecule has 1 saturated carbocycles. The molecule has 2 aliphatic carbocycles. The fraction of sp³-hybridized carbons (Fsp3) is 0.208. The summed E-state index contributed by atoms with van der Waals surface area (Å²) >= 11 is 6.12. The Kier molecular flexibility index (Phi) is 5.75. The topological polar surface area (TPSA) is 104 Å². The molecule has 0 amide bonds. The number of nitrogens with one attached hydrogen (secondary N) is 1. The van der Waals surface area contributed by atoms with Gasteiger partial charge in [-0.25, -0.2) is 17.9 Å². The molecule has 3 N–H and O–H groups in total. The molecule has 0 heterocycles. The minimum atomic E-state index is -3.63. The molecule has 0 radical (unpaired) electrons. The minimum Gasteiger partial charge on any atom is -0.450 e. The van der Waals surface area contributed by atoms with Gasteiger partial charge in [0.25, 0.3) is 0 Å². The summed E-state index contributed by atoms with van der Waals surface area (Å²) in [5.74, 6) is 0.269. The van der Waals surface area contributed by atoms with E-state index in [1.165, 1.54) is 0 Å². The number of sulfonamides is 1. The Bertz CT molecular complexity index is 1290. The lowest BCUT2D eigenvalue weighted by Crippen LogP contribution is -2.36. The summed E-state index contributed by atoms with van der Waals surface area (Å²) < 4.78 is 29.4. The van der Waals surface area contributed by atoms with Crippen LogP contribution < -0.4 is 4.72 Å². The molecule has 6 nitrogen and oxygen atoms in total. The van der Waals surface area contributed by atoms with E-state index in [1.807, 2.05) is 54.6 Å². The predicted molar refractivity (Wildman–Crippen MR) is 123 cm³/mol. The Hall–Kier alpha value is -2.87. The first kappa shape index (κ1) is 22.3. The molecule has 0 aliphatic heterocycles. The van der Waals surface area contributed by atoms with Crippen molar-refractivity contribution in [1.82, 2.24) is 4.72 Å². The zero-order chi connectivity index (χ0) is 23.1. The number of halogens is 1. The first-order chi connectivity index (χ1) is 15.1. The van der Waals surface area contributed by atoms with Crippen LogP contribution in [0.1, 0.15) is 30.0 Å². The van der Waals surface area contributed by atoms with E-state index in [0.717, 1.165) is 34.2 Å². The fourth-order valence-electron chi connectivity index (χ4n) is 4.38. The van der Waals surface area contributed by atoms with Crippen molar-refractivity contribution < 1.29 is 23.4 Å². The summed E-state index contributed by atoms with van der Waals surface area (Å²) in [6, 6.07) is 21.1. The maximum absolute atomic E-state index is 13.2. The highest BCUT2D eigenvalue weighted by Crippen LogP contribution is 2.52. The summed E-state index contributed by atoms with van der Waals surface area (Å²) in [7, 11) is -3.63. The number of fused-ring (bicyclic) bond motifs is 3. The molecule has 0 bridgehead atoms. The van der Waals surface area contributed by atoms with E-state index in [0.29, 0.717) is 16.3 Å². The smallest absolute Gasteiger partial charge is 0.450 e. The summed E-state index contributed by atoms with van der Waals surface area (Å²) in [6.45, 7) is 2.08. The zero-order valence-corrected chi connectivity index (χ0v) is 18.8. The van der Waals surface area contributed by atoms with Gasteiger partial charge < -0.3 is 10.2 Å². The second kappa shape index (κ2) is 8.24. The normalized spacial score (nSPS) is 20.5. The third-order valence-corrected chi connectivity index (χ3v) is 7.78. The molecular formula is C24H22ClNO5S. The van der Waals surface area contributed by atoms with E-state index in [2.05, 4.69) is 11.6 Å². The van der Waals surface area contributed by atoms with Gasteiger partial charge in [-0.05, 0) is 70.8 Å². The summed E-state index contributed by atoms with van der Waals surface area (Å²) in [6.07, 6.45) is -0.320. The van der Waals surface area contributed by atoms with Crippen molar-refractivity contribution in [3.8, 4) is 11.1 Å². The molecule has 0 saturated heterocycles. The van der Waals surface area contributed by atoms with Crippen LogP contribution in [0.2, 0.25) is 5.02 Å². The van der Waals surface area contributed by atoms with Crippen molar-refractivity contribution in [2.24, 2.45) is 5.92 Å². The van der Waals surface area contributed by atoms with Crippen LogP contribution in [0.15, 0.2) is 71.6 Å². The van der Waals surface area contributed by atoms with E-state index in [4.69, 9.17) is 26.6 Å². The van der Waals surface area contributed by atoms with Gasteiger partial charge >= 0.3 is 6.16 Å². The van der Waals surface area contributed by atoms with Crippen molar-refractivity contribution in [3.05, 3.63) is 88.4 Å². The number of carboxylic acid groups (broad SMARTS) is 2. The molecule has 2 aliphatic rings. The van der Waals surface area contributed by atoms with Crippen molar-refractivity contribution >= 4 is 27.8 Å². The van der Waals surface area contributed by atoms with E-state index in [1.54, 1.807) is 12.1 Å². The van der Waals surface area contributed by atoms with Crippen LogP contribution in [0.25, 0.3) is 11.1 Å². The van der Waals surface area contributed by atoms with E-state index >= 15 is 0 Å². The second-order valence-corrected chi connectivity index (χ2v) is 10.2. The number of hydrogen-bond donors (Lipinski definition) is 3. The van der Waals surface area contributed by atoms with Crippen LogP contribution in [0.5, 0.6) is 0 Å². The van der Waals surface area contributed by atoms with Crippen LogP contribution in [-0.2, 0) is 22.0 Å². The highest BCUT2D eigenvalue weighted by atomic mass is 35.5. The van der Waals surface area contributed by atoms with Gasteiger partial charge in [0.2, 0.25) is 10.0 Å². The first-order valence-corrected chi connectivity index (χ1v) is 11.9. The standard InChI is InChI=1S/C23H20ClNO2S.CH2O3/c1-15-14-23(15,18-5-3-2-4-6-18)25-28(26,27)20-8-10-22-17(13-20)11-16-12-19(24)7-9-21(16)22;2-1(3)4/h2-10,12-13,15,25H,11,14H2,1H3;(H2,2,3,4)/t15-,23+;/m1./s1. The molecule has 1 fully saturated rings. The van der Waals surface area contributed by atoms with Crippen molar-refractivity contribution in [2.45, 2.75) is 30.2 Å². The molecule has 166 valence electrons. The maximum atomic E-state index is 13.2. The summed E-state index contributed by atoms with van der Waals surface area (Å²) in [5, 5.41) is 14.6. The van der Waals surface area contributed by atoms with E-state index in [9.17, 15) is 8.42 Å². The van der Waals surface area contributed by atoms with Crippen LogP contribution in [0, 0.1) is 5.92 Å². The zero-order valence-electron chi connectivity index (χ0n) is 17.2. The Balaban J connectivity index is 0.000000567. The highest BCUT2D eigenvalue weighted by molar-refractivity contribution is 7.89. The molecule has 5 rings (SSSR count). The molecule has 3 aromatic carbocycles. The average molecular weight is 472 g/mol. The largest absolute Gasteiger partial charge is 0.503 e. The van der Waals surface area contributed by atoms with Crippen LogP contribution in [-0.4, -0.2) is 24.8 Å². The monoisotopic (exact) mass is 471 g/mol. The van der Waals surface area contributed by atoms with E-state index < -0.39 is 21.7 Å². The molecular weight excluding hydrogens is 450 g/mol. The molecule has 2 atom stereocenters. The SMILES string of the molecule is C[C@@H]1C[C@@]1(NS(=O)(=O)c1ccc2c(c1)Cc1cc(Cl)ccc1-2)c1ccccc1.O=C(O)O. The van der Waals surface area contributed by atoms with Gasteiger partial charge in [-0.3, -0.25) is 0 Å². The van der Waals surface area contributed by atoms with Gasteiger partial charge in [-0.2, -0.15) is 0 Å². The fourth-order valence-corrected chi connectivity index (χ4v) is 6.12. The third kappa shape index (κ3) is 4.24. The van der Waals surface area contributed by atoms with Crippen LogP contribution in [0.4, 0.5) is 4.79 Å². The van der Waals surface area contributed by atoms with Crippen molar-refractivity contribution in [1.29, 1.82) is 0 Å². The molecule has 8 heteroatoms. The predicted octanol–water partition coefficient (Wildman–Crippen LogP) is 5.35. The van der Waals surface area contributed by atoms with Crippen LogP contribution >= 0.6 is 11.6 Å². The number of hydrogen-bond acceptors (Lipinski definition) is 3. The molecule has 0 aromatic heterocycles. The van der Waals surface area contributed by atoms with Crippen LogP contribution in [0.3, 0.4) is 0 Å². The van der Waals surface area contributed by atoms with Gasteiger partial charge in [-0.1, -0.05) is 61.0 Å². The second-order valence-electron chi connectivity index (χ2n) is 8.13. The van der Waals surface area contributed by atoms with Crippen molar-refractivity contribution in [3.63, 3.8) is 0 Å². The average Bonchev–Trinajstić information content (AvgIpc) is 3.23. The Morgan fingerprint density at radius 3 is 2.16 bits per heavy atom. The lowest BCUT2D eigenvalue weighted by molar-refractivity contribution is 0.137. The maximum Gasteiger partial charge on any atom is 0.503 e. The molecule has 0 unspecified atom stereocenters. The van der Waals surface area contributed by atoms with Gasteiger partial charge in [0.05, 0.1) is 10.4 Å². The Morgan fingerprint density at radius 2 is 1.56 bits per heavy atom. The molecule has 0 spiro atoms. The lowest BCUT2D eigenvalue weighted by Gasteiger charge is -2.20. The Morgan fingerprint density at radius 1 is 1.00 bits per heavy atom. The Labute approximate surface area is 191 Å². The molecule has 3 aromatic rings. The molecule has 32 heavy (non-hydrogen) atoms. The number of benzene rings is 3. The minimum absolute atomic E-state index is 0.269. The first-order valence-electron chi connectivity index (χ1n) is 10.1. The quantitative estimate of drug-likeness (QED) is 0.372. The van der Waals surface area contributed by atoms with Gasteiger partial charge in [0.15, 0.2) is 0 Å². The highest BCUT2D eigenvalue weighted by Gasteiger charge is 2.54. The van der Waals surface area contributed by atoms with E-state index in [-0.39, 0.29) is 5.92 Å². The number of rotatable bonds is 4. The van der Waals surface area contributed by atoms with Gasteiger partial charge in [0.1, 0.15) is 0 Å². The summed E-state index contributed by atoms with van der Waals surface area (Å²) in [5.41, 5.74) is 4.90. The summed E-state index contributed by atoms with van der Waals surface area (Å²) in [4.78, 5) is 8.87. The van der Waals surface area contributed by atoms with Gasteiger partial charge in [-0.15, -0.1) is 0 Å². The van der Waals surface area contributed by atoms with Crippen molar-refractivity contribution in [2.75, 3.05) is 0 Å². The number of carbonyl (C=O) groups is 1. The lowest BCUT2D eigenvalue weighted by atomic mass is 10.0.